The van der Waals surface area contributed by atoms with Gasteiger partial charge in [-0.25, -0.2) is 15.8 Å². The Hall–Kier alpha value is -1.40. The second-order valence-electron chi connectivity index (χ2n) is 4.63. The van der Waals surface area contributed by atoms with Crippen LogP contribution in [-0.2, 0) is 6.42 Å². The monoisotopic (exact) mass is 267 g/mol. The molecular formula is C13H25N5O. The fourth-order valence-corrected chi connectivity index (χ4v) is 1.84. The van der Waals surface area contributed by atoms with Gasteiger partial charge in [-0.3, -0.25) is 0 Å². The summed E-state index contributed by atoms with van der Waals surface area (Å²) in [6.45, 7) is 3.27. The third-order valence-corrected chi connectivity index (χ3v) is 2.92. The second-order valence-corrected chi connectivity index (χ2v) is 4.63. The average Bonchev–Trinajstić information content (AvgIpc) is 2.43. The molecule has 6 heteroatoms. The molecule has 0 aliphatic rings. The van der Waals surface area contributed by atoms with E-state index in [1.54, 1.807) is 0 Å². The minimum absolute atomic E-state index is 0.263. The number of anilines is 2. The average molecular weight is 267 g/mol. The van der Waals surface area contributed by atoms with Gasteiger partial charge < -0.3 is 15.4 Å². The Kier molecular flexibility index (Phi) is 7.14. The number of hydrazine groups is 1. The normalized spacial score (nSPS) is 10.5. The fraction of sp³-hybridized carbons (Fsp3) is 0.692. The first kappa shape index (κ1) is 15.7. The molecule has 0 bridgehead atoms. The third-order valence-electron chi connectivity index (χ3n) is 2.92. The van der Waals surface area contributed by atoms with Crippen LogP contribution in [0.25, 0.3) is 0 Å². The molecule has 6 nitrogen and oxygen atoms in total. The van der Waals surface area contributed by atoms with E-state index >= 15 is 0 Å². The zero-order valence-corrected chi connectivity index (χ0v) is 11.9. The molecule has 0 fully saturated rings. The quantitative estimate of drug-likeness (QED) is 0.355. The predicted molar refractivity (Wildman–Crippen MR) is 78.0 cm³/mol. The lowest BCUT2D eigenvalue weighted by Gasteiger charge is -2.19. The Morgan fingerprint density at radius 3 is 2.74 bits per heavy atom. The number of nitrogen functional groups attached to an aromatic ring is 1. The van der Waals surface area contributed by atoms with Crippen molar-refractivity contribution in [1.82, 2.24) is 9.97 Å². The Bertz CT molecular complexity index is 372. The summed E-state index contributed by atoms with van der Waals surface area (Å²) in [4.78, 5) is 11.0. The van der Waals surface area contributed by atoms with Gasteiger partial charge in [0.25, 0.3) is 0 Å². The molecule has 19 heavy (non-hydrogen) atoms. The number of hydrogen-bond acceptors (Lipinski definition) is 6. The molecule has 0 amide bonds. The maximum atomic E-state index is 8.76. The molecule has 0 aliphatic heterocycles. The van der Waals surface area contributed by atoms with Crippen LogP contribution in [0.15, 0.2) is 6.07 Å². The zero-order chi connectivity index (χ0) is 14.1. The van der Waals surface area contributed by atoms with Crippen LogP contribution in [-0.4, -0.2) is 35.3 Å². The zero-order valence-electron chi connectivity index (χ0n) is 11.9. The number of hydrogen-bond donors (Lipinski definition) is 3. The van der Waals surface area contributed by atoms with Gasteiger partial charge in [0.2, 0.25) is 0 Å². The Balaban J connectivity index is 2.66. The van der Waals surface area contributed by atoms with Crippen molar-refractivity contribution in [2.75, 3.05) is 30.5 Å². The molecule has 0 saturated heterocycles. The summed E-state index contributed by atoms with van der Waals surface area (Å²) in [6.07, 6.45) is 4.77. The number of nitrogens with one attached hydrogen (secondary N) is 1. The van der Waals surface area contributed by atoms with Gasteiger partial charge >= 0.3 is 0 Å². The molecule has 0 aromatic carbocycles. The highest BCUT2D eigenvalue weighted by atomic mass is 16.2. The van der Waals surface area contributed by atoms with Crippen LogP contribution >= 0.6 is 0 Å². The van der Waals surface area contributed by atoms with Crippen LogP contribution in [0.4, 0.5) is 11.6 Å². The lowest BCUT2D eigenvalue weighted by atomic mass is 10.2. The van der Waals surface area contributed by atoms with E-state index in [0.29, 0.717) is 5.82 Å². The lowest BCUT2D eigenvalue weighted by Crippen LogP contribution is -2.21. The first-order chi connectivity index (χ1) is 9.21. The lowest BCUT2D eigenvalue weighted by molar-refractivity contribution is 0.283. The maximum Gasteiger partial charge on any atom is 0.145 e. The van der Waals surface area contributed by atoms with Gasteiger partial charge in [-0.05, 0) is 25.7 Å². The summed E-state index contributed by atoms with van der Waals surface area (Å²) in [5, 5.41) is 8.76. The predicted octanol–water partition coefficient (Wildman–Crippen LogP) is 1.31. The topological polar surface area (TPSA) is 87.3 Å². The van der Waals surface area contributed by atoms with Gasteiger partial charge in [0.15, 0.2) is 0 Å². The third kappa shape index (κ3) is 5.40. The molecule has 0 saturated carbocycles. The van der Waals surface area contributed by atoms with Gasteiger partial charge in [-0.1, -0.05) is 6.92 Å². The summed E-state index contributed by atoms with van der Waals surface area (Å²) < 4.78 is 0. The van der Waals surface area contributed by atoms with E-state index < -0.39 is 0 Å². The number of nitrogens with two attached hydrogens (primary N) is 1. The highest BCUT2D eigenvalue weighted by Crippen LogP contribution is 2.15. The van der Waals surface area contributed by atoms with Gasteiger partial charge in [0.05, 0.1) is 0 Å². The molecule has 0 spiro atoms. The fourth-order valence-electron chi connectivity index (χ4n) is 1.84. The maximum absolute atomic E-state index is 8.76. The number of rotatable bonds is 9. The van der Waals surface area contributed by atoms with E-state index in [1.807, 2.05) is 13.1 Å². The molecule has 0 unspecified atom stereocenters. The smallest absolute Gasteiger partial charge is 0.145 e. The van der Waals surface area contributed by atoms with Crippen molar-refractivity contribution in [3.05, 3.63) is 11.9 Å². The minimum atomic E-state index is 0.263. The Labute approximate surface area is 115 Å². The number of aliphatic hydroxyl groups is 1. The van der Waals surface area contributed by atoms with Crippen LogP contribution < -0.4 is 16.2 Å². The number of aromatic nitrogens is 2. The molecule has 0 atom stereocenters. The van der Waals surface area contributed by atoms with Crippen molar-refractivity contribution in [3.8, 4) is 0 Å². The van der Waals surface area contributed by atoms with E-state index in [9.17, 15) is 0 Å². The molecule has 4 N–H and O–H groups in total. The van der Waals surface area contributed by atoms with Crippen molar-refractivity contribution in [2.24, 2.45) is 5.84 Å². The summed E-state index contributed by atoms with van der Waals surface area (Å²) in [5.41, 5.74) is 2.59. The van der Waals surface area contributed by atoms with Crippen LogP contribution in [0.2, 0.25) is 0 Å². The van der Waals surface area contributed by atoms with Crippen LogP contribution in [0.1, 0.15) is 38.4 Å². The molecule has 0 radical (unpaired) electrons. The Morgan fingerprint density at radius 2 is 2.11 bits per heavy atom. The van der Waals surface area contributed by atoms with Crippen molar-refractivity contribution in [1.29, 1.82) is 0 Å². The van der Waals surface area contributed by atoms with Crippen molar-refractivity contribution in [2.45, 2.75) is 39.0 Å². The van der Waals surface area contributed by atoms with Crippen molar-refractivity contribution in [3.63, 3.8) is 0 Å². The highest BCUT2D eigenvalue weighted by Gasteiger charge is 2.07. The number of nitrogens with zero attached hydrogens (tertiary/aromatic N) is 3. The number of aryl methyl sites for hydroxylation is 1. The Morgan fingerprint density at radius 1 is 1.32 bits per heavy atom. The van der Waals surface area contributed by atoms with E-state index in [-0.39, 0.29) is 6.61 Å². The number of aliphatic hydroxyl groups excluding tert-OH is 1. The first-order valence-electron chi connectivity index (χ1n) is 6.87. The highest BCUT2D eigenvalue weighted by molar-refractivity contribution is 5.48. The summed E-state index contributed by atoms with van der Waals surface area (Å²) in [5.74, 6) is 7.79. The minimum Gasteiger partial charge on any atom is -0.396 e. The molecule has 108 valence electrons. The molecule has 1 aromatic rings. The van der Waals surface area contributed by atoms with Crippen molar-refractivity contribution >= 4 is 11.6 Å². The van der Waals surface area contributed by atoms with E-state index in [1.165, 1.54) is 0 Å². The number of unbranched alkanes of at least 4 members (excludes halogenated alkanes) is 2. The summed E-state index contributed by atoms with van der Waals surface area (Å²) >= 11 is 0. The standard InChI is InChI=1S/C13H25N5O/c1-3-7-11-15-12(17-14)10-13(16-11)18(2)8-5-4-6-9-19/h10,19H,3-9,14H2,1-2H3,(H,15,16,17). The first-order valence-corrected chi connectivity index (χ1v) is 6.87. The van der Waals surface area contributed by atoms with Gasteiger partial charge in [0.1, 0.15) is 17.5 Å². The summed E-state index contributed by atoms with van der Waals surface area (Å²) in [7, 11) is 2.01. The van der Waals surface area contributed by atoms with E-state index in [2.05, 4.69) is 27.2 Å². The van der Waals surface area contributed by atoms with E-state index in [0.717, 1.165) is 50.3 Å². The second kappa shape index (κ2) is 8.66. The summed E-state index contributed by atoms with van der Waals surface area (Å²) in [6, 6.07) is 1.85. The van der Waals surface area contributed by atoms with Crippen LogP contribution in [0.5, 0.6) is 0 Å². The van der Waals surface area contributed by atoms with Crippen molar-refractivity contribution < 1.29 is 5.11 Å². The van der Waals surface area contributed by atoms with E-state index in [4.69, 9.17) is 10.9 Å². The van der Waals surface area contributed by atoms with Gasteiger partial charge in [-0.15, -0.1) is 0 Å². The largest absolute Gasteiger partial charge is 0.396 e. The molecule has 1 heterocycles. The van der Waals surface area contributed by atoms with Gasteiger partial charge in [-0.2, -0.15) is 0 Å². The SMILES string of the molecule is CCCc1nc(NN)cc(N(C)CCCCCO)n1. The molecular weight excluding hydrogens is 242 g/mol. The molecule has 1 aromatic heterocycles. The molecule has 1 rings (SSSR count). The molecule has 0 aliphatic carbocycles. The van der Waals surface area contributed by atoms with Crippen LogP contribution in [0.3, 0.4) is 0 Å². The van der Waals surface area contributed by atoms with Gasteiger partial charge in [0, 0.05) is 32.7 Å². The van der Waals surface area contributed by atoms with Crippen LogP contribution in [0, 0.1) is 0 Å².